The van der Waals surface area contributed by atoms with Crippen LogP contribution in [0.15, 0.2) is 33.8 Å². The molecule has 5 heteroatoms. The van der Waals surface area contributed by atoms with E-state index in [1.165, 1.54) is 0 Å². The Hall–Kier alpha value is -0.810. The molecule has 0 bridgehead atoms. The average molecular weight is 299 g/mol. The molecule has 0 aromatic heterocycles. The van der Waals surface area contributed by atoms with Crippen molar-refractivity contribution in [2.45, 2.75) is 6.42 Å². The number of hydrogen-bond acceptors (Lipinski definition) is 3. The van der Waals surface area contributed by atoms with E-state index in [2.05, 4.69) is 26.5 Å². The van der Waals surface area contributed by atoms with E-state index in [1.54, 1.807) is 12.1 Å². The van der Waals surface area contributed by atoms with E-state index in [1.807, 2.05) is 23.9 Å². The number of amides is 1. The summed E-state index contributed by atoms with van der Waals surface area (Å²) >= 11 is 5.17. The molecule has 0 atom stereocenters. The predicted molar refractivity (Wildman–Crippen MR) is 71.0 cm³/mol. The van der Waals surface area contributed by atoms with Crippen LogP contribution in [-0.2, 0) is 0 Å². The molecule has 1 aromatic rings. The molecule has 2 rings (SSSR count). The molecule has 1 aromatic carbocycles. The van der Waals surface area contributed by atoms with Crippen molar-refractivity contribution < 1.29 is 4.79 Å². The number of carbonyl (C=O) groups is 1. The van der Waals surface area contributed by atoms with Crippen LogP contribution in [0.4, 0.5) is 0 Å². The van der Waals surface area contributed by atoms with E-state index >= 15 is 0 Å². The van der Waals surface area contributed by atoms with Crippen LogP contribution in [0.3, 0.4) is 0 Å². The third-order valence-corrected chi connectivity index (χ3v) is 3.78. The Morgan fingerprint density at radius 3 is 2.75 bits per heavy atom. The Balaban J connectivity index is 1.97. The molecule has 0 saturated carbocycles. The molecule has 84 valence electrons. The van der Waals surface area contributed by atoms with Gasteiger partial charge in [0, 0.05) is 21.5 Å². The molecular weight excluding hydrogens is 288 g/mol. The fourth-order valence-corrected chi connectivity index (χ4v) is 2.57. The van der Waals surface area contributed by atoms with E-state index in [4.69, 9.17) is 0 Å². The van der Waals surface area contributed by atoms with Crippen LogP contribution < -0.4 is 5.43 Å². The minimum Gasteiger partial charge on any atom is -0.267 e. The third-order valence-electron chi connectivity index (χ3n) is 2.23. The molecule has 3 nitrogen and oxygen atoms in total. The van der Waals surface area contributed by atoms with Crippen LogP contribution in [-0.4, -0.2) is 23.1 Å². The second-order valence-electron chi connectivity index (χ2n) is 3.43. The lowest BCUT2D eigenvalue weighted by Crippen LogP contribution is -2.19. The molecule has 1 heterocycles. The van der Waals surface area contributed by atoms with Crippen LogP contribution in [0.5, 0.6) is 0 Å². The van der Waals surface area contributed by atoms with Gasteiger partial charge >= 0.3 is 0 Å². The van der Waals surface area contributed by atoms with Gasteiger partial charge in [0.15, 0.2) is 0 Å². The molecular formula is C11H11BrN2OS. The number of halogens is 1. The Morgan fingerprint density at radius 2 is 2.12 bits per heavy atom. The van der Waals surface area contributed by atoms with Gasteiger partial charge in [-0.15, -0.1) is 0 Å². The van der Waals surface area contributed by atoms with Crippen molar-refractivity contribution >= 4 is 39.3 Å². The standard InChI is InChI=1S/C11H11BrN2OS/c12-9-3-1-8(2-4-9)11(15)14-13-10-5-6-16-7-10/h1-4H,5-7H2,(H,14,15)/b13-10+. The molecule has 16 heavy (non-hydrogen) atoms. The summed E-state index contributed by atoms with van der Waals surface area (Å²) in [5.74, 6) is 1.88. The van der Waals surface area contributed by atoms with Crippen LogP contribution in [0.1, 0.15) is 16.8 Å². The van der Waals surface area contributed by atoms with E-state index in [0.717, 1.165) is 28.1 Å². The van der Waals surface area contributed by atoms with Gasteiger partial charge in [-0.2, -0.15) is 16.9 Å². The van der Waals surface area contributed by atoms with Gasteiger partial charge < -0.3 is 0 Å². The highest BCUT2D eigenvalue weighted by Crippen LogP contribution is 2.14. The first-order valence-corrected chi connectivity index (χ1v) is 6.89. The topological polar surface area (TPSA) is 41.5 Å². The Labute approximate surface area is 107 Å². The number of thioether (sulfide) groups is 1. The van der Waals surface area contributed by atoms with Gasteiger partial charge in [-0.05, 0) is 36.4 Å². The molecule has 1 fully saturated rings. The van der Waals surface area contributed by atoms with E-state index < -0.39 is 0 Å². The second-order valence-corrected chi connectivity index (χ2v) is 5.45. The summed E-state index contributed by atoms with van der Waals surface area (Å²) < 4.78 is 0.961. The summed E-state index contributed by atoms with van der Waals surface area (Å²) in [6.07, 6.45) is 0.977. The largest absolute Gasteiger partial charge is 0.271 e. The van der Waals surface area contributed by atoms with Crippen LogP contribution in [0.2, 0.25) is 0 Å². The summed E-state index contributed by atoms with van der Waals surface area (Å²) in [7, 11) is 0. The van der Waals surface area contributed by atoms with E-state index in [-0.39, 0.29) is 5.91 Å². The zero-order valence-electron chi connectivity index (χ0n) is 8.57. The quantitative estimate of drug-likeness (QED) is 0.853. The van der Waals surface area contributed by atoms with Gasteiger partial charge in [-0.1, -0.05) is 15.9 Å². The molecule has 1 aliphatic heterocycles. The van der Waals surface area contributed by atoms with E-state index in [9.17, 15) is 4.79 Å². The van der Waals surface area contributed by atoms with Crippen LogP contribution in [0.25, 0.3) is 0 Å². The molecule has 1 N–H and O–H groups in total. The fraction of sp³-hybridized carbons (Fsp3) is 0.273. The van der Waals surface area contributed by atoms with Gasteiger partial charge in [-0.25, -0.2) is 5.43 Å². The van der Waals surface area contributed by atoms with Gasteiger partial charge in [0.2, 0.25) is 0 Å². The second kappa shape index (κ2) is 5.50. The van der Waals surface area contributed by atoms with Gasteiger partial charge in [0.05, 0.1) is 0 Å². The molecule has 0 radical (unpaired) electrons. The summed E-state index contributed by atoms with van der Waals surface area (Å²) in [6, 6.07) is 7.22. The number of nitrogens with one attached hydrogen (secondary N) is 1. The fourth-order valence-electron chi connectivity index (χ4n) is 1.34. The van der Waals surface area contributed by atoms with Crippen molar-refractivity contribution in [3.8, 4) is 0 Å². The first kappa shape index (κ1) is 11.7. The lowest BCUT2D eigenvalue weighted by molar-refractivity contribution is 0.0954. The minimum absolute atomic E-state index is 0.156. The van der Waals surface area contributed by atoms with Crippen LogP contribution in [0, 0.1) is 0 Å². The lowest BCUT2D eigenvalue weighted by atomic mass is 10.2. The maximum absolute atomic E-state index is 11.7. The molecule has 0 spiro atoms. The SMILES string of the molecule is O=C(N/N=C1\CCSC1)c1ccc(Br)cc1. The number of hydrogen-bond donors (Lipinski definition) is 1. The molecule has 1 saturated heterocycles. The zero-order chi connectivity index (χ0) is 11.4. The number of nitrogens with zero attached hydrogens (tertiary/aromatic N) is 1. The number of hydrazone groups is 1. The Morgan fingerprint density at radius 1 is 1.38 bits per heavy atom. The first-order chi connectivity index (χ1) is 7.75. The number of carbonyl (C=O) groups excluding carboxylic acids is 1. The highest BCUT2D eigenvalue weighted by molar-refractivity contribution is 9.10. The first-order valence-electron chi connectivity index (χ1n) is 4.95. The predicted octanol–water partition coefficient (Wildman–Crippen LogP) is 2.67. The van der Waals surface area contributed by atoms with Gasteiger partial charge in [0.25, 0.3) is 5.91 Å². The number of rotatable bonds is 2. The average Bonchev–Trinajstić information content (AvgIpc) is 2.80. The minimum atomic E-state index is -0.156. The normalized spacial score (nSPS) is 17.7. The van der Waals surface area contributed by atoms with Gasteiger partial charge in [-0.3, -0.25) is 4.79 Å². The Kier molecular flexibility index (Phi) is 4.01. The Bertz CT molecular complexity index is 408. The van der Waals surface area contributed by atoms with Crippen molar-refractivity contribution in [2.75, 3.05) is 11.5 Å². The van der Waals surface area contributed by atoms with Crippen molar-refractivity contribution in [1.29, 1.82) is 0 Å². The van der Waals surface area contributed by atoms with Crippen molar-refractivity contribution in [3.63, 3.8) is 0 Å². The molecule has 0 unspecified atom stereocenters. The maximum atomic E-state index is 11.7. The molecule has 1 aliphatic rings. The van der Waals surface area contributed by atoms with Crippen molar-refractivity contribution in [1.82, 2.24) is 5.43 Å². The molecule has 1 amide bonds. The zero-order valence-corrected chi connectivity index (χ0v) is 11.0. The molecule has 0 aliphatic carbocycles. The third kappa shape index (κ3) is 3.09. The van der Waals surface area contributed by atoms with Gasteiger partial charge in [0.1, 0.15) is 0 Å². The maximum Gasteiger partial charge on any atom is 0.271 e. The summed E-state index contributed by atoms with van der Waals surface area (Å²) in [6.45, 7) is 0. The van der Waals surface area contributed by atoms with E-state index in [0.29, 0.717) is 5.56 Å². The highest BCUT2D eigenvalue weighted by Gasteiger charge is 2.09. The number of benzene rings is 1. The summed E-state index contributed by atoms with van der Waals surface area (Å²) in [5, 5.41) is 4.11. The van der Waals surface area contributed by atoms with Crippen molar-refractivity contribution in [2.24, 2.45) is 5.10 Å². The highest BCUT2D eigenvalue weighted by atomic mass is 79.9. The summed E-state index contributed by atoms with van der Waals surface area (Å²) in [4.78, 5) is 11.7. The lowest BCUT2D eigenvalue weighted by Gasteiger charge is -2.01. The smallest absolute Gasteiger partial charge is 0.267 e. The van der Waals surface area contributed by atoms with Crippen molar-refractivity contribution in [3.05, 3.63) is 34.3 Å². The summed E-state index contributed by atoms with van der Waals surface area (Å²) in [5.41, 5.74) is 4.27. The monoisotopic (exact) mass is 298 g/mol. The van der Waals surface area contributed by atoms with Crippen LogP contribution >= 0.6 is 27.7 Å².